The molecular formula is C14H30BrN. The second kappa shape index (κ2) is 8.52. The Balaban J connectivity index is 4.59. The molecule has 0 heterocycles. The summed E-state index contributed by atoms with van der Waals surface area (Å²) in [5.74, 6) is 0. The quantitative estimate of drug-likeness (QED) is 0.557. The molecule has 0 aliphatic heterocycles. The zero-order valence-corrected chi connectivity index (χ0v) is 13.4. The fourth-order valence-corrected chi connectivity index (χ4v) is 3.35. The number of hydrogen-bond acceptors (Lipinski definition) is 1. The van der Waals surface area contributed by atoms with Gasteiger partial charge in [-0.3, -0.25) is 0 Å². The van der Waals surface area contributed by atoms with Gasteiger partial charge in [-0.15, -0.1) is 0 Å². The predicted molar refractivity (Wildman–Crippen MR) is 78.4 cm³/mol. The van der Waals surface area contributed by atoms with Crippen molar-refractivity contribution >= 4 is 15.9 Å². The zero-order chi connectivity index (χ0) is 12.6. The highest BCUT2D eigenvalue weighted by Gasteiger charge is 2.29. The highest BCUT2D eigenvalue weighted by Crippen LogP contribution is 2.33. The van der Waals surface area contributed by atoms with Gasteiger partial charge in [0.1, 0.15) is 0 Å². The van der Waals surface area contributed by atoms with Gasteiger partial charge in [-0.2, -0.15) is 0 Å². The maximum Gasteiger partial charge on any atom is 0.0100 e. The van der Waals surface area contributed by atoms with Crippen molar-refractivity contribution in [2.45, 2.75) is 66.3 Å². The van der Waals surface area contributed by atoms with Gasteiger partial charge in [-0.25, -0.2) is 0 Å². The van der Waals surface area contributed by atoms with E-state index in [4.69, 9.17) is 0 Å². The van der Waals surface area contributed by atoms with Crippen molar-refractivity contribution in [3.05, 3.63) is 0 Å². The Labute approximate surface area is 111 Å². The number of halogens is 1. The van der Waals surface area contributed by atoms with Gasteiger partial charge in [0.05, 0.1) is 0 Å². The van der Waals surface area contributed by atoms with Gasteiger partial charge in [0.15, 0.2) is 0 Å². The molecule has 0 rings (SSSR count). The third kappa shape index (κ3) is 5.18. The van der Waals surface area contributed by atoms with Crippen molar-refractivity contribution in [3.8, 4) is 0 Å². The van der Waals surface area contributed by atoms with Gasteiger partial charge in [-0.05, 0) is 38.6 Å². The van der Waals surface area contributed by atoms with Crippen LogP contribution >= 0.6 is 15.9 Å². The normalized spacial score (nSPS) is 12.8. The van der Waals surface area contributed by atoms with E-state index in [1.807, 2.05) is 0 Å². The first-order valence-corrected chi connectivity index (χ1v) is 7.97. The molecule has 2 heteroatoms. The summed E-state index contributed by atoms with van der Waals surface area (Å²) < 4.78 is 0. The molecule has 0 spiro atoms. The maximum atomic E-state index is 3.76. The average molecular weight is 292 g/mol. The molecule has 0 bridgehead atoms. The van der Waals surface area contributed by atoms with Crippen LogP contribution in [0.3, 0.4) is 0 Å². The number of alkyl halides is 1. The summed E-state index contributed by atoms with van der Waals surface area (Å²) in [5, 5.41) is 1.14. The van der Waals surface area contributed by atoms with Crippen LogP contribution in [0.15, 0.2) is 0 Å². The van der Waals surface area contributed by atoms with Crippen molar-refractivity contribution in [1.82, 2.24) is 4.90 Å². The topological polar surface area (TPSA) is 3.24 Å². The highest BCUT2D eigenvalue weighted by atomic mass is 79.9. The average Bonchev–Trinajstić information content (AvgIpc) is 2.25. The van der Waals surface area contributed by atoms with E-state index in [1.54, 1.807) is 0 Å². The number of nitrogens with zero attached hydrogens (tertiary/aromatic N) is 1. The lowest BCUT2D eigenvalue weighted by molar-refractivity contribution is 0.126. The molecule has 0 N–H and O–H groups in total. The van der Waals surface area contributed by atoms with Crippen molar-refractivity contribution in [2.24, 2.45) is 5.41 Å². The number of rotatable bonds is 9. The van der Waals surface area contributed by atoms with E-state index in [-0.39, 0.29) is 0 Å². The first-order valence-electron chi connectivity index (χ1n) is 6.85. The van der Waals surface area contributed by atoms with Crippen LogP contribution in [0.2, 0.25) is 0 Å². The van der Waals surface area contributed by atoms with E-state index in [0.29, 0.717) is 11.5 Å². The molecule has 16 heavy (non-hydrogen) atoms. The largest absolute Gasteiger partial charge is 0.301 e. The SMILES string of the molecule is CCCC(CBr)(CCC)CN(CC)C(C)C. The van der Waals surface area contributed by atoms with E-state index in [1.165, 1.54) is 38.8 Å². The Morgan fingerprint density at radius 3 is 1.81 bits per heavy atom. The molecule has 0 radical (unpaired) electrons. The molecule has 0 saturated carbocycles. The molecular weight excluding hydrogens is 262 g/mol. The molecule has 0 atom stereocenters. The van der Waals surface area contributed by atoms with Crippen molar-refractivity contribution < 1.29 is 0 Å². The molecule has 0 saturated heterocycles. The Hall–Kier alpha value is 0.440. The molecule has 0 aliphatic carbocycles. The standard InChI is InChI=1S/C14H30BrN/c1-6-9-14(11-15,10-7-2)12-16(8-3)13(4)5/h13H,6-12H2,1-5H3. The second-order valence-electron chi connectivity index (χ2n) is 5.29. The predicted octanol–water partition coefficient (Wildman–Crippen LogP) is 4.70. The Kier molecular flexibility index (Phi) is 8.75. The minimum Gasteiger partial charge on any atom is -0.301 e. The van der Waals surface area contributed by atoms with Gasteiger partial charge in [-0.1, -0.05) is 49.5 Å². The van der Waals surface area contributed by atoms with Crippen LogP contribution in [0.1, 0.15) is 60.3 Å². The molecule has 0 aliphatic rings. The van der Waals surface area contributed by atoms with Crippen molar-refractivity contribution in [2.75, 3.05) is 18.4 Å². The van der Waals surface area contributed by atoms with Crippen LogP contribution in [0, 0.1) is 5.41 Å². The van der Waals surface area contributed by atoms with Crippen LogP contribution in [-0.4, -0.2) is 29.4 Å². The van der Waals surface area contributed by atoms with Crippen molar-refractivity contribution in [3.63, 3.8) is 0 Å². The molecule has 0 aromatic heterocycles. The van der Waals surface area contributed by atoms with Gasteiger partial charge in [0.25, 0.3) is 0 Å². The molecule has 0 aromatic carbocycles. The van der Waals surface area contributed by atoms with Crippen LogP contribution in [0.4, 0.5) is 0 Å². The zero-order valence-electron chi connectivity index (χ0n) is 11.9. The van der Waals surface area contributed by atoms with Crippen LogP contribution < -0.4 is 0 Å². The minimum atomic E-state index is 0.490. The number of hydrogen-bond donors (Lipinski definition) is 0. The van der Waals surface area contributed by atoms with Gasteiger partial charge in [0, 0.05) is 17.9 Å². The van der Waals surface area contributed by atoms with Crippen LogP contribution in [-0.2, 0) is 0 Å². The van der Waals surface area contributed by atoms with E-state index < -0.39 is 0 Å². The van der Waals surface area contributed by atoms with Crippen LogP contribution in [0.25, 0.3) is 0 Å². The van der Waals surface area contributed by atoms with Gasteiger partial charge < -0.3 is 4.90 Å². The van der Waals surface area contributed by atoms with Gasteiger partial charge in [0.2, 0.25) is 0 Å². The smallest absolute Gasteiger partial charge is 0.0100 e. The molecule has 0 amide bonds. The van der Waals surface area contributed by atoms with E-state index in [2.05, 4.69) is 55.4 Å². The summed E-state index contributed by atoms with van der Waals surface area (Å²) in [4.78, 5) is 2.60. The molecule has 0 fully saturated rings. The molecule has 0 aromatic rings. The summed E-state index contributed by atoms with van der Waals surface area (Å²) in [6.07, 6.45) is 5.27. The van der Waals surface area contributed by atoms with Crippen molar-refractivity contribution in [1.29, 1.82) is 0 Å². The minimum absolute atomic E-state index is 0.490. The molecule has 98 valence electrons. The lowest BCUT2D eigenvalue weighted by atomic mass is 9.80. The summed E-state index contributed by atoms with van der Waals surface area (Å²) in [5.41, 5.74) is 0.490. The molecule has 1 nitrogen and oxygen atoms in total. The highest BCUT2D eigenvalue weighted by molar-refractivity contribution is 9.09. The third-order valence-electron chi connectivity index (χ3n) is 3.52. The van der Waals surface area contributed by atoms with E-state index in [9.17, 15) is 0 Å². The van der Waals surface area contributed by atoms with Crippen LogP contribution in [0.5, 0.6) is 0 Å². The second-order valence-corrected chi connectivity index (χ2v) is 5.85. The fourth-order valence-electron chi connectivity index (χ4n) is 2.61. The van der Waals surface area contributed by atoms with E-state index >= 15 is 0 Å². The fraction of sp³-hybridized carbons (Fsp3) is 1.00. The first kappa shape index (κ1) is 16.4. The first-order chi connectivity index (χ1) is 7.55. The third-order valence-corrected chi connectivity index (χ3v) is 4.71. The van der Waals surface area contributed by atoms with E-state index in [0.717, 1.165) is 5.33 Å². The summed E-state index contributed by atoms with van der Waals surface area (Å²) in [6.45, 7) is 13.9. The Morgan fingerprint density at radius 2 is 1.56 bits per heavy atom. The molecule has 0 unspecified atom stereocenters. The van der Waals surface area contributed by atoms with Gasteiger partial charge >= 0.3 is 0 Å². The Morgan fingerprint density at radius 1 is 1.06 bits per heavy atom. The maximum absolute atomic E-state index is 3.76. The summed E-state index contributed by atoms with van der Waals surface area (Å²) >= 11 is 3.76. The lowest BCUT2D eigenvalue weighted by Gasteiger charge is -2.38. The Bertz CT molecular complexity index is 162. The summed E-state index contributed by atoms with van der Waals surface area (Å²) in [6, 6.07) is 0.664. The summed E-state index contributed by atoms with van der Waals surface area (Å²) in [7, 11) is 0. The lowest BCUT2D eigenvalue weighted by Crippen LogP contribution is -2.42. The monoisotopic (exact) mass is 291 g/mol.